The molecule has 138 valence electrons. The number of nitrogens with zero attached hydrogens (tertiary/aromatic N) is 1. The van der Waals surface area contributed by atoms with Crippen LogP contribution in [0.2, 0.25) is 0 Å². The van der Waals surface area contributed by atoms with Gasteiger partial charge in [-0.15, -0.1) is 0 Å². The smallest absolute Gasteiger partial charge is 0.243 e. The Labute approximate surface area is 155 Å². The number of hydrogen-bond donors (Lipinski definition) is 1. The average Bonchev–Trinajstić information content (AvgIpc) is 3.22. The molecule has 2 atom stereocenters. The Morgan fingerprint density at radius 3 is 2.50 bits per heavy atom. The molecule has 1 saturated heterocycles. The SMILES string of the molecule is CC[C@]12C[C@H]1CN(S(=O)(=O)c1ccc(-c3ccc(CO)cc3)c(C)c1)C2. The number of aliphatic hydroxyl groups excluding tert-OH is 1. The van der Waals surface area contributed by atoms with E-state index >= 15 is 0 Å². The molecule has 0 bridgehead atoms. The first-order valence-electron chi connectivity index (χ1n) is 9.20. The second-order valence-corrected chi connectivity index (χ2v) is 9.68. The van der Waals surface area contributed by atoms with E-state index in [1.165, 1.54) is 6.42 Å². The summed E-state index contributed by atoms with van der Waals surface area (Å²) in [6.07, 6.45) is 2.24. The molecule has 5 heteroatoms. The molecule has 2 aliphatic rings. The van der Waals surface area contributed by atoms with Crippen molar-refractivity contribution in [1.82, 2.24) is 4.31 Å². The second-order valence-electron chi connectivity index (χ2n) is 7.75. The van der Waals surface area contributed by atoms with E-state index in [1.807, 2.05) is 37.3 Å². The molecule has 0 unspecified atom stereocenters. The minimum absolute atomic E-state index is 0.0204. The van der Waals surface area contributed by atoms with Crippen molar-refractivity contribution in [1.29, 1.82) is 0 Å². The molecule has 1 N–H and O–H groups in total. The highest BCUT2D eigenvalue weighted by Crippen LogP contribution is 2.60. The molecular weight excluding hydrogens is 346 g/mol. The summed E-state index contributed by atoms with van der Waals surface area (Å²) in [4.78, 5) is 0.387. The van der Waals surface area contributed by atoms with Gasteiger partial charge in [0, 0.05) is 13.1 Å². The van der Waals surface area contributed by atoms with Gasteiger partial charge in [0.1, 0.15) is 0 Å². The van der Waals surface area contributed by atoms with Crippen molar-refractivity contribution in [2.75, 3.05) is 13.1 Å². The van der Waals surface area contributed by atoms with E-state index in [1.54, 1.807) is 16.4 Å². The van der Waals surface area contributed by atoms with Crippen LogP contribution in [0.3, 0.4) is 0 Å². The Bertz CT molecular complexity index is 932. The number of piperidine rings is 1. The molecule has 2 aromatic rings. The van der Waals surface area contributed by atoms with Crippen LogP contribution in [-0.2, 0) is 16.6 Å². The van der Waals surface area contributed by atoms with Crippen LogP contribution in [0.25, 0.3) is 11.1 Å². The maximum atomic E-state index is 13.0. The summed E-state index contributed by atoms with van der Waals surface area (Å²) in [5, 5.41) is 9.17. The second kappa shape index (κ2) is 6.19. The lowest BCUT2D eigenvalue weighted by Crippen LogP contribution is -2.32. The van der Waals surface area contributed by atoms with Crippen molar-refractivity contribution in [3.63, 3.8) is 0 Å². The zero-order valence-corrected chi connectivity index (χ0v) is 16.1. The van der Waals surface area contributed by atoms with Crippen molar-refractivity contribution < 1.29 is 13.5 Å². The maximum Gasteiger partial charge on any atom is 0.243 e. The van der Waals surface area contributed by atoms with Gasteiger partial charge < -0.3 is 5.11 Å². The van der Waals surface area contributed by atoms with E-state index in [0.29, 0.717) is 23.9 Å². The molecule has 1 heterocycles. The van der Waals surface area contributed by atoms with Gasteiger partial charge in [0.2, 0.25) is 10.0 Å². The first-order chi connectivity index (χ1) is 12.4. The first kappa shape index (κ1) is 17.7. The van der Waals surface area contributed by atoms with Gasteiger partial charge in [0.15, 0.2) is 0 Å². The summed E-state index contributed by atoms with van der Waals surface area (Å²) in [7, 11) is -3.42. The van der Waals surface area contributed by atoms with E-state index in [0.717, 1.165) is 28.7 Å². The number of fused-ring (bicyclic) bond motifs is 1. The molecule has 1 saturated carbocycles. The Hall–Kier alpha value is -1.69. The largest absolute Gasteiger partial charge is 0.392 e. The molecule has 2 fully saturated rings. The minimum atomic E-state index is -3.42. The molecule has 4 rings (SSSR count). The highest BCUT2D eigenvalue weighted by Gasteiger charge is 2.60. The predicted octanol–water partition coefficient (Wildman–Crippen LogP) is 3.57. The van der Waals surface area contributed by atoms with Crippen LogP contribution in [0, 0.1) is 18.3 Å². The summed E-state index contributed by atoms with van der Waals surface area (Å²) < 4.78 is 27.8. The van der Waals surface area contributed by atoms with Crippen LogP contribution in [0.15, 0.2) is 47.4 Å². The third-order valence-corrected chi connectivity index (χ3v) is 8.07. The normalized spacial score (nSPS) is 25.3. The lowest BCUT2D eigenvalue weighted by atomic mass is 10.00. The van der Waals surface area contributed by atoms with Gasteiger partial charge >= 0.3 is 0 Å². The molecule has 4 nitrogen and oxygen atoms in total. The van der Waals surface area contributed by atoms with Gasteiger partial charge in [0.05, 0.1) is 11.5 Å². The van der Waals surface area contributed by atoms with Gasteiger partial charge in [-0.25, -0.2) is 8.42 Å². The van der Waals surface area contributed by atoms with Crippen LogP contribution < -0.4 is 0 Å². The number of aryl methyl sites for hydroxylation is 1. The monoisotopic (exact) mass is 371 g/mol. The average molecular weight is 372 g/mol. The van der Waals surface area contributed by atoms with E-state index < -0.39 is 10.0 Å². The highest BCUT2D eigenvalue weighted by molar-refractivity contribution is 7.89. The zero-order chi connectivity index (χ0) is 18.5. The molecule has 1 aliphatic carbocycles. The van der Waals surface area contributed by atoms with Crippen LogP contribution >= 0.6 is 0 Å². The van der Waals surface area contributed by atoms with Gasteiger partial charge in [-0.05, 0) is 65.5 Å². The summed E-state index contributed by atoms with van der Waals surface area (Å²) >= 11 is 0. The quantitative estimate of drug-likeness (QED) is 0.874. The molecule has 1 aliphatic heterocycles. The van der Waals surface area contributed by atoms with Gasteiger partial charge in [0.25, 0.3) is 0 Å². The van der Waals surface area contributed by atoms with Crippen molar-refractivity contribution in [2.45, 2.75) is 38.2 Å². The Kier molecular flexibility index (Phi) is 4.21. The first-order valence-corrected chi connectivity index (χ1v) is 10.6. The zero-order valence-electron chi connectivity index (χ0n) is 15.3. The molecule has 0 amide bonds. The minimum Gasteiger partial charge on any atom is -0.392 e. The number of rotatable bonds is 5. The third kappa shape index (κ3) is 2.79. The van der Waals surface area contributed by atoms with Crippen LogP contribution in [0.5, 0.6) is 0 Å². The number of aliphatic hydroxyl groups is 1. The number of benzene rings is 2. The van der Waals surface area contributed by atoms with Gasteiger partial charge in [-0.2, -0.15) is 4.31 Å². The van der Waals surface area contributed by atoms with E-state index in [2.05, 4.69) is 6.92 Å². The maximum absolute atomic E-state index is 13.0. The fourth-order valence-corrected chi connectivity index (χ4v) is 6.00. The topological polar surface area (TPSA) is 57.6 Å². The molecular formula is C21H25NO3S. The molecule has 0 aromatic heterocycles. The predicted molar refractivity (Wildman–Crippen MR) is 102 cm³/mol. The Balaban J connectivity index is 1.61. The standard InChI is InChI=1S/C21H25NO3S/c1-3-21-11-18(21)12-22(14-21)26(24,25)19-8-9-20(15(2)10-19)17-6-4-16(13-23)5-7-17/h4-10,18,23H,3,11-14H2,1-2H3/t18-,21+/m0/s1. The summed E-state index contributed by atoms with van der Waals surface area (Å²) in [5.74, 6) is 0.549. The fraction of sp³-hybridized carbons (Fsp3) is 0.429. The summed E-state index contributed by atoms with van der Waals surface area (Å²) in [6, 6.07) is 13.1. The number of sulfonamides is 1. The van der Waals surface area contributed by atoms with E-state index in [9.17, 15) is 8.42 Å². The fourth-order valence-electron chi connectivity index (χ4n) is 4.33. The van der Waals surface area contributed by atoms with Crippen molar-refractivity contribution in [3.05, 3.63) is 53.6 Å². The molecule has 0 radical (unpaired) electrons. The molecule has 26 heavy (non-hydrogen) atoms. The highest BCUT2D eigenvalue weighted by atomic mass is 32.2. The van der Waals surface area contributed by atoms with Crippen molar-refractivity contribution in [3.8, 4) is 11.1 Å². The lowest BCUT2D eigenvalue weighted by molar-refractivity contribution is 0.282. The van der Waals surface area contributed by atoms with Crippen LogP contribution in [0.1, 0.15) is 30.9 Å². The number of hydrogen-bond acceptors (Lipinski definition) is 3. The van der Waals surface area contributed by atoms with E-state index in [-0.39, 0.29) is 12.0 Å². The third-order valence-electron chi connectivity index (χ3n) is 6.26. The van der Waals surface area contributed by atoms with Crippen molar-refractivity contribution in [2.24, 2.45) is 11.3 Å². The van der Waals surface area contributed by atoms with Crippen molar-refractivity contribution >= 4 is 10.0 Å². The van der Waals surface area contributed by atoms with Gasteiger partial charge in [-0.3, -0.25) is 0 Å². The lowest BCUT2D eigenvalue weighted by Gasteiger charge is -2.21. The van der Waals surface area contributed by atoms with Crippen LogP contribution in [0.4, 0.5) is 0 Å². The van der Waals surface area contributed by atoms with Gasteiger partial charge in [-0.1, -0.05) is 37.3 Å². The summed E-state index contributed by atoms with van der Waals surface area (Å²) in [5.41, 5.74) is 4.09. The van der Waals surface area contributed by atoms with E-state index in [4.69, 9.17) is 5.11 Å². The summed E-state index contributed by atoms with van der Waals surface area (Å²) in [6.45, 7) is 5.46. The van der Waals surface area contributed by atoms with Crippen LogP contribution in [-0.4, -0.2) is 30.9 Å². The molecule has 2 aromatic carbocycles. The Morgan fingerprint density at radius 1 is 1.19 bits per heavy atom. The Morgan fingerprint density at radius 2 is 1.92 bits per heavy atom. The molecule has 0 spiro atoms.